The Morgan fingerprint density at radius 3 is 1.03 bits per heavy atom. The van der Waals surface area contributed by atoms with Crippen LogP contribution in [0.5, 0.6) is 11.5 Å². The zero-order valence-electron chi connectivity index (χ0n) is 34.1. The lowest BCUT2D eigenvalue weighted by Crippen LogP contribution is -2.34. The van der Waals surface area contributed by atoms with Crippen molar-refractivity contribution < 1.29 is 51.7 Å². The van der Waals surface area contributed by atoms with Crippen LogP contribution in [0.4, 0.5) is 4.79 Å². The molecule has 13 heteroatoms. The Hall–Kier alpha value is -5.35. The first-order chi connectivity index (χ1) is 30.5. The minimum absolute atomic E-state index is 0.119. The molecule has 62 heavy (non-hydrogen) atoms. The largest absolute Gasteiger partial charge is 0.573 e. The average molecular weight is 875 g/mol. The molecular weight excluding hydrogens is 829 g/mol. The van der Waals surface area contributed by atoms with Gasteiger partial charge < -0.3 is 27.3 Å². The summed E-state index contributed by atoms with van der Waals surface area (Å²) in [5.74, 6) is 1.47. The monoisotopic (exact) mass is 874 g/mol. The van der Waals surface area contributed by atoms with Crippen molar-refractivity contribution in [3.8, 4) is 11.5 Å². The van der Waals surface area contributed by atoms with Gasteiger partial charge in [0.2, 0.25) is 0 Å². The second kappa shape index (κ2) is 20.7. The molecule has 2 aliphatic heterocycles. The summed E-state index contributed by atoms with van der Waals surface area (Å²) in [4.78, 5) is 34.3. The van der Waals surface area contributed by atoms with E-state index >= 15 is 0 Å². The molecule has 11 nitrogen and oxygen atoms in total. The maximum atomic E-state index is 12.9. The van der Waals surface area contributed by atoms with Crippen LogP contribution in [0.1, 0.15) is 33.4 Å². The predicted octanol–water partition coefficient (Wildman–Crippen LogP) is 9.87. The summed E-state index contributed by atoms with van der Waals surface area (Å²) in [5, 5.41) is 0. The standard InChI is InChI=1S/C49H46O11S2/c1-51-41-27-23-39(24-28-41)48(35-15-7-3-8-16-35,36-17-9-4-10-18-36)61-59-45-33-53-31-43(45)55-57-47(50)58-56-44-32-54-34-46(44)60-62-49(37-19-11-5-12-20-37,38-21-13-6-14-22-38)40-25-29-42(52-2)30-26-40/h3-30,43-46H,31-34H2,1-2H3. The zero-order valence-corrected chi connectivity index (χ0v) is 35.7. The van der Waals surface area contributed by atoms with Crippen molar-refractivity contribution in [2.75, 3.05) is 40.6 Å². The van der Waals surface area contributed by atoms with Crippen LogP contribution < -0.4 is 9.47 Å². The first-order valence-electron chi connectivity index (χ1n) is 20.1. The van der Waals surface area contributed by atoms with E-state index in [0.717, 1.165) is 44.9 Å². The van der Waals surface area contributed by atoms with E-state index in [0.29, 0.717) is 0 Å². The van der Waals surface area contributed by atoms with Crippen molar-refractivity contribution in [3.05, 3.63) is 203 Å². The quantitative estimate of drug-likeness (QED) is 0.0354. The third kappa shape index (κ3) is 9.50. The van der Waals surface area contributed by atoms with Gasteiger partial charge in [-0.2, -0.15) is 14.6 Å². The van der Waals surface area contributed by atoms with Crippen LogP contribution >= 0.6 is 24.1 Å². The summed E-state index contributed by atoms with van der Waals surface area (Å²) in [6, 6.07) is 56.3. The number of ether oxygens (including phenoxy) is 4. The van der Waals surface area contributed by atoms with Gasteiger partial charge in [-0.15, -0.1) is 0 Å². The molecular formula is C49H46O11S2. The molecule has 2 heterocycles. The number of hydrogen-bond acceptors (Lipinski definition) is 13. The highest BCUT2D eigenvalue weighted by molar-refractivity contribution is 7.96. The number of rotatable bonds is 18. The molecule has 2 fully saturated rings. The van der Waals surface area contributed by atoms with Gasteiger partial charge in [-0.1, -0.05) is 146 Å². The summed E-state index contributed by atoms with van der Waals surface area (Å²) in [6.07, 6.45) is -3.96. The normalized spacial score (nSPS) is 18.9. The van der Waals surface area contributed by atoms with Gasteiger partial charge >= 0.3 is 6.16 Å². The van der Waals surface area contributed by atoms with E-state index in [4.69, 9.17) is 46.9 Å². The van der Waals surface area contributed by atoms with Crippen LogP contribution in [0, 0.1) is 0 Å². The lowest BCUT2D eigenvalue weighted by atomic mass is 9.84. The molecule has 6 aromatic rings. The van der Waals surface area contributed by atoms with Crippen molar-refractivity contribution in [1.29, 1.82) is 0 Å². The van der Waals surface area contributed by atoms with Crippen molar-refractivity contribution in [3.63, 3.8) is 0 Å². The number of benzene rings is 6. The highest BCUT2D eigenvalue weighted by Crippen LogP contribution is 2.51. The van der Waals surface area contributed by atoms with Crippen molar-refractivity contribution in [1.82, 2.24) is 0 Å². The number of methoxy groups -OCH3 is 2. The third-order valence-electron chi connectivity index (χ3n) is 10.7. The first kappa shape index (κ1) is 43.3. The fourth-order valence-electron chi connectivity index (χ4n) is 7.50. The van der Waals surface area contributed by atoms with E-state index < -0.39 is 40.1 Å². The molecule has 0 amide bonds. The van der Waals surface area contributed by atoms with Gasteiger partial charge in [-0.3, -0.25) is 9.78 Å². The molecule has 0 radical (unpaired) electrons. The van der Waals surface area contributed by atoms with Crippen molar-refractivity contribution >= 4 is 30.2 Å². The summed E-state index contributed by atoms with van der Waals surface area (Å²) >= 11 is 2.55. The molecule has 0 bridgehead atoms. The van der Waals surface area contributed by atoms with Crippen LogP contribution in [0.25, 0.3) is 0 Å². The van der Waals surface area contributed by atoms with E-state index in [1.807, 2.05) is 121 Å². The average Bonchev–Trinajstić information content (AvgIpc) is 4.01. The van der Waals surface area contributed by atoms with E-state index in [1.165, 1.54) is 24.1 Å². The molecule has 2 aliphatic rings. The van der Waals surface area contributed by atoms with E-state index in [-0.39, 0.29) is 26.4 Å². The fourth-order valence-corrected chi connectivity index (χ4v) is 9.79. The molecule has 4 atom stereocenters. The van der Waals surface area contributed by atoms with Gasteiger partial charge in [0, 0.05) is 24.1 Å². The Morgan fingerprint density at radius 2 is 0.726 bits per heavy atom. The molecule has 320 valence electrons. The van der Waals surface area contributed by atoms with E-state index in [9.17, 15) is 4.79 Å². The van der Waals surface area contributed by atoms with E-state index in [2.05, 4.69) is 48.5 Å². The molecule has 0 aliphatic carbocycles. The lowest BCUT2D eigenvalue weighted by Gasteiger charge is -2.35. The van der Waals surface area contributed by atoms with Crippen molar-refractivity contribution in [2.24, 2.45) is 0 Å². The molecule has 6 aromatic carbocycles. The summed E-state index contributed by atoms with van der Waals surface area (Å²) < 4.78 is 34.0. The fraction of sp³-hybridized carbons (Fsp3) is 0.245. The van der Waals surface area contributed by atoms with Gasteiger partial charge in [0.05, 0.1) is 40.6 Å². The lowest BCUT2D eigenvalue weighted by molar-refractivity contribution is -0.352. The second-order valence-corrected chi connectivity index (χ2v) is 16.4. The maximum Gasteiger partial charge on any atom is 0.573 e. The van der Waals surface area contributed by atoms with Crippen LogP contribution in [0.15, 0.2) is 170 Å². The smallest absolute Gasteiger partial charge is 0.497 e. The second-order valence-electron chi connectivity index (χ2n) is 14.5. The van der Waals surface area contributed by atoms with Gasteiger partial charge in [0.25, 0.3) is 0 Å². The minimum Gasteiger partial charge on any atom is -0.497 e. The molecule has 0 N–H and O–H groups in total. The predicted molar refractivity (Wildman–Crippen MR) is 235 cm³/mol. The van der Waals surface area contributed by atoms with Gasteiger partial charge in [0.1, 0.15) is 33.2 Å². The Morgan fingerprint density at radius 1 is 0.435 bits per heavy atom. The van der Waals surface area contributed by atoms with Gasteiger partial charge in [0.15, 0.2) is 12.2 Å². The Labute approximate surface area is 369 Å². The Bertz CT molecular complexity index is 2050. The number of hydrogen-bond donors (Lipinski definition) is 0. The topological polar surface area (TPSA) is 109 Å². The van der Waals surface area contributed by atoms with Crippen LogP contribution in [0.3, 0.4) is 0 Å². The highest BCUT2D eigenvalue weighted by Gasteiger charge is 2.44. The maximum absolute atomic E-state index is 12.9. The molecule has 0 spiro atoms. The molecule has 2 saturated heterocycles. The van der Waals surface area contributed by atoms with Crippen LogP contribution in [-0.2, 0) is 46.9 Å². The summed E-state index contributed by atoms with van der Waals surface area (Å²) in [5.41, 5.74) is 5.93. The summed E-state index contributed by atoms with van der Waals surface area (Å²) in [7, 11) is 3.28. The number of carbonyl (C=O) groups excluding carboxylic acids is 1. The molecule has 0 saturated carbocycles. The van der Waals surface area contributed by atoms with E-state index in [1.54, 1.807) is 14.2 Å². The molecule has 4 unspecified atom stereocenters. The van der Waals surface area contributed by atoms with Gasteiger partial charge in [-0.05, 0) is 57.6 Å². The van der Waals surface area contributed by atoms with Crippen molar-refractivity contribution in [2.45, 2.75) is 33.9 Å². The van der Waals surface area contributed by atoms with Crippen LogP contribution in [-0.4, -0.2) is 71.2 Å². The first-order valence-corrected chi connectivity index (χ1v) is 21.6. The van der Waals surface area contributed by atoms with Crippen LogP contribution in [0.2, 0.25) is 0 Å². The van der Waals surface area contributed by atoms with Gasteiger partial charge in [-0.25, -0.2) is 0 Å². The summed E-state index contributed by atoms with van der Waals surface area (Å²) in [6.45, 7) is 0.645. The number of carbonyl (C=O) groups is 1. The third-order valence-corrected chi connectivity index (χ3v) is 13.3. The molecule has 0 aromatic heterocycles. The Balaban J connectivity index is 0.919. The Kier molecular flexibility index (Phi) is 14.4. The molecule has 8 rings (SSSR count). The zero-order chi connectivity index (χ0) is 42.6. The highest BCUT2D eigenvalue weighted by atomic mass is 32.2. The minimum atomic E-state index is -1.20. The SMILES string of the molecule is COc1ccc(C(SOC2COCC2OOC(=O)OOC2COCC2OSC(c2ccccc2)(c2ccccc2)c2ccc(OC)cc2)(c2ccccc2)c2ccccc2)cc1.